The first-order chi connectivity index (χ1) is 15.3. The highest BCUT2D eigenvalue weighted by atomic mass is 32.2. The lowest BCUT2D eigenvalue weighted by molar-refractivity contribution is -0.385. The summed E-state index contributed by atoms with van der Waals surface area (Å²) >= 11 is 1.02. The number of nitrogens with zero attached hydrogens (tertiary/aromatic N) is 1. The zero-order chi connectivity index (χ0) is 23.3. The lowest BCUT2D eigenvalue weighted by Crippen LogP contribution is -2.15. The number of esters is 1. The minimum absolute atomic E-state index is 0.0545. The number of non-ortho nitro benzene ring substituents is 1. The van der Waals surface area contributed by atoms with Crippen molar-refractivity contribution in [2.24, 2.45) is 0 Å². The van der Waals surface area contributed by atoms with Crippen molar-refractivity contribution in [1.82, 2.24) is 0 Å². The molecule has 168 valence electrons. The molecule has 0 fully saturated rings. The molecule has 3 aromatic rings. The van der Waals surface area contributed by atoms with Gasteiger partial charge in [-0.25, -0.2) is 13.2 Å². The van der Waals surface area contributed by atoms with Gasteiger partial charge in [0.15, 0.2) is 0 Å². The van der Waals surface area contributed by atoms with Gasteiger partial charge in [-0.3, -0.25) is 14.8 Å². The number of sulfonamides is 1. The number of thiophene rings is 1. The molecule has 0 saturated heterocycles. The molecule has 0 aliphatic carbocycles. The van der Waals surface area contributed by atoms with Gasteiger partial charge in [-0.05, 0) is 37.6 Å². The van der Waals surface area contributed by atoms with Gasteiger partial charge in [0, 0.05) is 23.1 Å². The molecule has 0 radical (unpaired) electrons. The summed E-state index contributed by atoms with van der Waals surface area (Å²) in [6, 6.07) is 11.7. The van der Waals surface area contributed by atoms with Crippen LogP contribution in [-0.2, 0) is 14.8 Å². The standard InChI is InChI=1S/C21H20N2O7S2/c1-3-29-16-10-8-14(9-11-16)18-13-31-20(19(18)21(24)30-4-2)22-32(27,28)17-7-5-6-15(12-17)23(25)26/h5-13,22H,3-4H2,1-2H3. The predicted molar refractivity (Wildman–Crippen MR) is 121 cm³/mol. The third-order valence-corrected chi connectivity index (χ3v) is 6.68. The van der Waals surface area contributed by atoms with E-state index >= 15 is 0 Å². The van der Waals surface area contributed by atoms with Crippen LogP contribution < -0.4 is 9.46 Å². The van der Waals surface area contributed by atoms with Gasteiger partial charge >= 0.3 is 5.97 Å². The van der Waals surface area contributed by atoms with E-state index in [0.717, 1.165) is 17.4 Å². The smallest absolute Gasteiger partial charge is 0.341 e. The highest BCUT2D eigenvalue weighted by molar-refractivity contribution is 7.93. The number of carbonyl (C=O) groups is 1. The maximum Gasteiger partial charge on any atom is 0.341 e. The van der Waals surface area contributed by atoms with Gasteiger partial charge in [0.2, 0.25) is 0 Å². The van der Waals surface area contributed by atoms with Gasteiger partial charge in [0.25, 0.3) is 15.7 Å². The summed E-state index contributed by atoms with van der Waals surface area (Å²) in [5, 5.41) is 12.7. The van der Waals surface area contributed by atoms with E-state index in [9.17, 15) is 23.3 Å². The number of nitrogens with one attached hydrogen (secondary N) is 1. The largest absolute Gasteiger partial charge is 0.494 e. The number of anilines is 1. The maximum absolute atomic E-state index is 12.9. The van der Waals surface area contributed by atoms with Crippen molar-refractivity contribution in [2.45, 2.75) is 18.7 Å². The predicted octanol–water partition coefficient (Wildman–Crippen LogP) is 4.70. The summed E-state index contributed by atoms with van der Waals surface area (Å²) in [7, 11) is -4.20. The van der Waals surface area contributed by atoms with E-state index in [-0.39, 0.29) is 27.8 Å². The zero-order valence-electron chi connectivity index (χ0n) is 17.2. The zero-order valence-corrected chi connectivity index (χ0v) is 18.9. The van der Waals surface area contributed by atoms with E-state index in [1.165, 1.54) is 18.2 Å². The third-order valence-electron chi connectivity index (χ3n) is 4.31. The van der Waals surface area contributed by atoms with E-state index in [1.807, 2.05) is 6.92 Å². The Labute approximate surface area is 188 Å². The van der Waals surface area contributed by atoms with Crippen molar-refractivity contribution in [2.75, 3.05) is 17.9 Å². The van der Waals surface area contributed by atoms with Crippen LogP contribution in [0.5, 0.6) is 5.75 Å². The summed E-state index contributed by atoms with van der Waals surface area (Å²) in [5.74, 6) is -0.0230. The van der Waals surface area contributed by atoms with Gasteiger partial charge in [0.05, 0.1) is 23.0 Å². The molecule has 0 aliphatic rings. The highest BCUT2D eigenvalue weighted by Gasteiger charge is 2.26. The van der Waals surface area contributed by atoms with Crippen LogP contribution in [-0.4, -0.2) is 32.5 Å². The van der Waals surface area contributed by atoms with Crippen LogP contribution in [0.15, 0.2) is 58.8 Å². The average molecular weight is 477 g/mol. The summed E-state index contributed by atoms with van der Waals surface area (Å²) in [6.07, 6.45) is 0. The van der Waals surface area contributed by atoms with E-state index in [2.05, 4.69) is 4.72 Å². The molecule has 3 rings (SSSR count). The number of benzene rings is 2. The number of rotatable bonds is 9. The second-order valence-electron chi connectivity index (χ2n) is 6.39. The van der Waals surface area contributed by atoms with Crippen molar-refractivity contribution >= 4 is 38.0 Å². The molecule has 0 bridgehead atoms. The first kappa shape index (κ1) is 23.2. The number of hydrogen-bond acceptors (Lipinski definition) is 8. The molecule has 0 amide bonds. The molecule has 2 aromatic carbocycles. The molecule has 0 atom stereocenters. The molecule has 1 aromatic heterocycles. The van der Waals surface area contributed by atoms with Crippen molar-refractivity contribution < 1.29 is 27.6 Å². The number of carbonyl (C=O) groups excluding carboxylic acids is 1. The summed E-state index contributed by atoms with van der Waals surface area (Å²) in [4.78, 5) is 22.7. The van der Waals surface area contributed by atoms with E-state index in [1.54, 1.807) is 36.6 Å². The van der Waals surface area contributed by atoms with Gasteiger partial charge < -0.3 is 9.47 Å². The molecule has 1 heterocycles. The SMILES string of the molecule is CCOC(=O)c1c(-c2ccc(OCC)cc2)csc1NS(=O)(=O)c1cccc([N+](=O)[O-])c1. The van der Waals surface area contributed by atoms with E-state index in [0.29, 0.717) is 23.5 Å². The molecule has 9 nitrogen and oxygen atoms in total. The Morgan fingerprint density at radius 1 is 1.12 bits per heavy atom. The van der Waals surface area contributed by atoms with Crippen LogP contribution in [0.4, 0.5) is 10.7 Å². The normalized spacial score (nSPS) is 11.1. The van der Waals surface area contributed by atoms with Crippen LogP contribution in [0.3, 0.4) is 0 Å². The Balaban J connectivity index is 2.02. The maximum atomic E-state index is 12.9. The molecule has 11 heteroatoms. The molecule has 0 spiro atoms. The molecular weight excluding hydrogens is 456 g/mol. The van der Waals surface area contributed by atoms with Crippen molar-refractivity contribution in [3.63, 3.8) is 0 Å². The van der Waals surface area contributed by atoms with Gasteiger partial charge in [-0.2, -0.15) is 0 Å². The number of nitro benzene ring substituents is 1. The first-order valence-electron chi connectivity index (χ1n) is 9.56. The molecule has 1 N–H and O–H groups in total. The van der Waals surface area contributed by atoms with E-state index < -0.39 is 20.9 Å². The minimum atomic E-state index is -4.20. The Kier molecular flexibility index (Phi) is 7.11. The molecule has 32 heavy (non-hydrogen) atoms. The second-order valence-corrected chi connectivity index (χ2v) is 8.95. The van der Waals surface area contributed by atoms with Crippen molar-refractivity contribution in [3.8, 4) is 16.9 Å². The van der Waals surface area contributed by atoms with Crippen molar-refractivity contribution in [1.29, 1.82) is 0 Å². The fraction of sp³-hybridized carbons (Fsp3) is 0.190. The van der Waals surface area contributed by atoms with Crippen LogP contribution in [0, 0.1) is 10.1 Å². The van der Waals surface area contributed by atoms with Crippen LogP contribution >= 0.6 is 11.3 Å². The van der Waals surface area contributed by atoms with Gasteiger partial charge in [-0.15, -0.1) is 11.3 Å². The number of nitro groups is 1. The van der Waals surface area contributed by atoms with Crippen LogP contribution in [0.2, 0.25) is 0 Å². The number of ether oxygens (including phenoxy) is 2. The fourth-order valence-electron chi connectivity index (χ4n) is 2.89. The van der Waals surface area contributed by atoms with E-state index in [4.69, 9.17) is 9.47 Å². The Bertz CT molecular complexity index is 1240. The number of hydrogen-bond donors (Lipinski definition) is 1. The van der Waals surface area contributed by atoms with Gasteiger partial charge in [-0.1, -0.05) is 18.2 Å². The lowest BCUT2D eigenvalue weighted by Gasteiger charge is -2.11. The summed E-state index contributed by atoms with van der Waals surface area (Å²) in [5.41, 5.74) is 0.872. The lowest BCUT2D eigenvalue weighted by atomic mass is 10.0. The van der Waals surface area contributed by atoms with Crippen LogP contribution in [0.1, 0.15) is 24.2 Å². The fourth-order valence-corrected chi connectivity index (χ4v) is 5.21. The van der Waals surface area contributed by atoms with Gasteiger partial charge in [0.1, 0.15) is 16.3 Å². The molecule has 0 aliphatic heterocycles. The Morgan fingerprint density at radius 3 is 2.47 bits per heavy atom. The minimum Gasteiger partial charge on any atom is -0.494 e. The topological polar surface area (TPSA) is 125 Å². The highest BCUT2D eigenvalue weighted by Crippen LogP contribution is 2.38. The summed E-state index contributed by atoms with van der Waals surface area (Å²) in [6.45, 7) is 4.13. The molecular formula is C21H20N2O7S2. The Hall–Kier alpha value is -3.44. The molecule has 0 saturated carbocycles. The second kappa shape index (κ2) is 9.79. The quantitative estimate of drug-likeness (QED) is 0.270. The van der Waals surface area contributed by atoms with Crippen molar-refractivity contribution in [3.05, 3.63) is 69.6 Å². The van der Waals surface area contributed by atoms with Crippen LogP contribution in [0.25, 0.3) is 11.1 Å². The third kappa shape index (κ3) is 5.06. The average Bonchev–Trinajstić information content (AvgIpc) is 3.17. The summed E-state index contributed by atoms with van der Waals surface area (Å²) < 4.78 is 38.7. The monoisotopic (exact) mass is 476 g/mol. The first-order valence-corrected chi connectivity index (χ1v) is 11.9. The Morgan fingerprint density at radius 2 is 1.84 bits per heavy atom. The molecule has 0 unspecified atom stereocenters.